The molecule has 4 N–H and O–H groups in total. The van der Waals surface area contributed by atoms with Gasteiger partial charge in [-0.2, -0.15) is 5.10 Å². The van der Waals surface area contributed by atoms with Crippen LogP contribution in [0.5, 0.6) is 5.75 Å². The van der Waals surface area contributed by atoms with Crippen LogP contribution in [0.25, 0.3) is 21.1 Å². The largest absolute Gasteiger partial charge is 0.489 e. The molecule has 0 saturated carbocycles. The number of nitrogens with zero attached hydrogens (tertiary/aromatic N) is 3. The van der Waals surface area contributed by atoms with Crippen molar-refractivity contribution in [1.29, 1.82) is 0 Å². The maximum atomic E-state index is 9.60. The number of aromatic amines is 1. The molecule has 0 amide bonds. The number of nitrogens with one attached hydrogen (secondary N) is 2. The Balaban J connectivity index is 1.58. The first-order valence-corrected chi connectivity index (χ1v) is 10.8. The topological polar surface area (TPSA) is 116 Å². The van der Waals surface area contributed by atoms with Crippen LogP contribution in [0.2, 0.25) is 0 Å². The van der Waals surface area contributed by atoms with Gasteiger partial charge in [0.1, 0.15) is 22.7 Å². The summed E-state index contributed by atoms with van der Waals surface area (Å²) in [4.78, 5) is 11.1. The number of aliphatic hydroxyl groups is 2. The van der Waals surface area contributed by atoms with Crippen LogP contribution in [-0.4, -0.2) is 42.8 Å². The fourth-order valence-electron chi connectivity index (χ4n) is 4.03. The summed E-state index contributed by atoms with van der Waals surface area (Å²) in [5.74, 6) is 1.32. The summed E-state index contributed by atoms with van der Waals surface area (Å²) in [5.41, 5.74) is 2.92. The van der Waals surface area contributed by atoms with Crippen LogP contribution in [0.15, 0.2) is 24.7 Å². The van der Waals surface area contributed by atoms with Gasteiger partial charge < -0.3 is 20.3 Å². The highest BCUT2D eigenvalue weighted by molar-refractivity contribution is 7.19. The van der Waals surface area contributed by atoms with Gasteiger partial charge in [-0.1, -0.05) is 0 Å². The first-order chi connectivity index (χ1) is 14.5. The molecule has 1 aromatic carbocycles. The number of H-pyrrole nitrogens is 1. The predicted molar refractivity (Wildman–Crippen MR) is 116 cm³/mol. The van der Waals surface area contributed by atoms with E-state index in [1.807, 2.05) is 26.0 Å². The molecule has 1 atom stereocenters. The lowest BCUT2D eigenvalue weighted by Gasteiger charge is -2.23. The zero-order chi connectivity index (χ0) is 20.8. The maximum absolute atomic E-state index is 9.60. The van der Waals surface area contributed by atoms with E-state index in [-0.39, 0.29) is 12.0 Å². The first kappa shape index (κ1) is 19.2. The minimum Gasteiger partial charge on any atom is -0.489 e. The Bertz CT molecular complexity index is 1220. The SMILES string of the molecule is CC(C)Oc1cc2[nH]ncc2cc1Nc1ncnc2sc3c(c12)CC[C@H](C(O)O)C3. The highest BCUT2D eigenvalue weighted by atomic mass is 32.1. The van der Waals surface area contributed by atoms with Crippen LogP contribution in [0, 0.1) is 5.92 Å². The summed E-state index contributed by atoms with van der Waals surface area (Å²) in [5, 5.41) is 31.7. The van der Waals surface area contributed by atoms with E-state index in [9.17, 15) is 10.2 Å². The van der Waals surface area contributed by atoms with E-state index in [2.05, 4.69) is 25.5 Å². The van der Waals surface area contributed by atoms with Gasteiger partial charge in [-0.15, -0.1) is 11.3 Å². The van der Waals surface area contributed by atoms with Crippen molar-refractivity contribution >= 4 is 44.0 Å². The second kappa shape index (κ2) is 7.50. The molecule has 9 heteroatoms. The van der Waals surface area contributed by atoms with Gasteiger partial charge in [0, 0.05) is 22.2 Å². The maximum Gasteiger partial charge on any atom is 0.154 e. The van der Waals surface area contributed by atoms with Crippen molar-refractivity contribution in [2.45, 2.75) is 45.5 Å². The summed E-state index contributed by atoms with van der Waals surface area (Å²) >= 11 is 1.60. The van der Waals surface area contributed by atoms with Crippen molar-refractivity contribution in [3.05, 3.63) is 35.1 Å². The van der Waals surface area contributed by atoms with Gasteiger partial charge in [-0.3, -0.25) is 5.10 Å². The third-order valence-corrected chi connectivity index (χ3v) is 6.62. The monoisotopic (exact) mass is 425 g/mol. The third-order valence-electron chi connectivity index (χ3n) is 5.46. The molecule has 0 radical (unpaired) electrons. The molecule has 8 nitrogen and oxygen atoms in total. The van der Waals surface area contributed by atoms with Gasteiger partial charge in [-0.05, 0) is 44.7 Å². The molecule has 0 saturated heterocycles. The van der Waals surface area contributed by atoms with Crippen molar-refractivity contribution in [2.75, 3.05) is 5.32 Å². The molecular formula is C21H23N5O3S. The van der Waals surface area contributed by atoms with Gasteiger partial charge in [-0.25, -0.2) is 9.97 Å². The summed E-state index contributed by atoms with van der Waals surface area (Å²) in [6.45, 7) is 3.98. The minimum absolute atomic E-state index is 0.0205. The molecule has 3 heterocycles. The van der Waals surface area contributed by atoms with Gasteiger partial charge in [0.05, 0.1) is 28.9 Å². The summed E-state index contributed by atoms with van der Waals surface area (Å²) < 4.78 is 6.03. The predicted octanol–water partition coefficient (Wildman–Crippen LogP) is 3.51. The van der Waals surface area contributed by atoms with Crippen LogP contribution >= 0.6 is 11.3 Å². The lowest BCUT2D eigenvalue weighted by atomic mass is 9.87. The molecular weight excluding hydrogens is 402 g/mol. The number of benzene rings is 1. The molecule has 0 unspecified atom stereocenters. The van der Waals surface area contributed by atoms with Crippen molar-refractivity contribution in [2.24, 2.45) is 5.92 Å². The van der Waals surface area contributed by atoms with Crippen molar-refractivity contribution in [3.63, 3.8) is 0 Å². The van der Waals surface area contributed by atoms with E-state index in [0.29, 0.717) is 6.42 Å². The summed E-state index contributed by atoms with van der Waals surface area (Å²) in [6.07, 6.45) is 4.22. The van der Waals surface area contributed by atoms with E-state index in [0.717, 1.165) is 56.1 Å². The molecule has 0 fully saturated rings. The Labute approximate surface area is 176 Å². The Kier molecular flexibility index (Phi) is 4.80. The van der Waals surface area contributed by atoms with Gasteiger partial charge in [0.15, 0.2) is 6.29 Å². The second-order valence-corrected chi connectivity index (χ2v) is 9.00. The smallest absolute Gasteiger partial charge is 0.154 e. The Hall–Kier alpha value is -2.75. The quantitative estimate of drug-likeness (QED) is 0.362. The standard InChI is InChI=1S/C21H23N5O3S/c1-10(2)29-16-7-14-12(8-24-26-14)5-15(16)25-19-18-13-4-3-11(21(27)28)6-17(13)30-20(18)23-9-22-19/h5,7-11,21,27-28H,3-4,6H2,1-2H3,(H,24,26)(H,22,23,25)/t11-/m0/s1. The van der Waals surface area contributed by atoms with E-state index >= 15 is 0 Å². The number of hydrogen-bond acceptors (Lipinski definition) is 8. The Morgan fingerprint density at radius 3 is 2.93 bits per heavy atom. The zero-order valence-corrected chi connectivity index (χ0v) is 17.5. The summed E-state index contributed by atoms with van der Waals surface area (Å²) in [7, 11) is 0. The normalized spacial score (nSPS) is 16.5. The zero-order valence-electron chi connectivity index (χ0n) is 16.7. The minimum atomic E-state index is -1.29. The number of aromatic nitrogens is 4. The molecule has 0 aliphatic heterocycles. The van der Waals surface area contributed by atoms with Crippen molar-refractivity contribution in [1.82, 2.24) is 20.2 Å². The number of hydrogen-bond donors (Lipinski definition) is 4. The molecule has 3 aromatic heterocycles. The number of aliphatic hydroxyl groups excluding tert-OH is 1. The fraction of sp³-hybridized carbons (Fsp3) is 0.381. The Morgan fingerprint density at radius 1 is 1.27 bits per heavy atom. The number of aryl methyl sites for hydroxylation is 1. The van der Waals surface area contributed by atoms with E-state index in [4.69, 9.17) is 4.74 Å². The van der Waals surface area contributed by atoms with E-state index in [1.54, 1.807) is 23.9 Å². The molecule has 0 bridgehead atoms. The van der Waals surface area contributed by atoms with Crippen LogP contribution in [0.4, 0.5) is 11.5 Å². The number of rotatable bonds is 5. The van der Waals surface area contributed by atoms with Crippen LogP contribution in [0.1, 0.15) is 30.7 Å². The molecule has 1 aliphatic rings. The van der Waals surface area contributed by atoms with Crippen LogP contribution in [0.3, 0.4) is 0 Å². The highest BCUT2D eigenvalue weighted by Crippen LogP contribution is 2.42. The number of fused-ring (bicyclic) bond motifs is 4. The molecule has 5 rings (SSSR count). The van der Waals surface area contributed by atoms with Crippen molar-refractivity contribution < 1.29 is 14.9 Å². The number of anilines is 2. The average molecular weight is 426 g/mol. The van der Waals surface area contributed by atoms with Crippen LogP contribution < -0.4 is 10.1 Å². The molecule has 1 aliphatic carbocycles. The fourth-order valence-corrected chi connectivity index (χ4v) is 5.31. The molecule has 30 heavy (non-hydrogen) atoms. The molecule has 0 spiro atoms. The van der Waals surface area contributed by atoms with Gasteiger partial charge in [0.25, 0.3) is 0 Å². The van der Waals surface area contributed by atoms with Crippen molar-refractivity contribution in [3.8, 4) is 5.75 Å². The third kappa shape index (κ3) is 3.38. The number of ether oxygens (including phenoxy) is 1. The Morgan fingerprint density at radius 2 is 2.13 bits per heavy atom. The average Bonchev–Trinajstić information content (AvgIpc) is 3.31. The number of thiophene rings is 1. The van der Waals surface area contributed by atoms with Gasteiger partial charge in [0.2, 0.25) is 0 Å². The lowest BCUT2D eigenvalue weighted by Crippen LogP contribution is -2.25. The van der Waals surface area contributed by atoms with E-state index in [1.165, 1.54) is 5.56 Å². The molecule has 156 valence electrons. The van der Waals surface area contributed by atoms with E-state index < -0.39 is 6.29 Å². The second-order valence-electron chi connectivity index (χ2n) is 7.92. The van der Waals surface area contributed by atoms with Crippen LogP contribution in [-0.2, 0) is 12.8 Å². The first-order valence-electron chi connectivity index (χ1n) is 10.0. The molecule has 4 aromatic rings. The van der Waals surface area contributed by atoms with Gasteiger partial charge >= 0.3 is 0 Å². The lowest BCUT2D eigenvalue weighted by molar-refractivity contribution is -0.0865. The highest BCUT2D eigenvalue weighted by Gasteiger charge is 2.28. The summed E-state index contributed by atoms with van der Waals surface area (Å²) in [6, 6.07) is 3.95.